The van der Waals surface area contributed by atoms with Crippen LogP contribution in [0.3, 0.4) is 0 Å². The molecule has 1 heterocycles. The fraction of sp³-hybridized carbons (Fsp3) is 0.294. The highest BCUT2D eigenvalue weighted by molar-refractivity contribution is 5.95. The van der Waals surface area contributed by atoms with Crippen molar-refractivity contribution in [3.63, 3.8) is 0 Å². The first-order valence-electron chi connectivity index (χ1n) is 7.74. The third-order valence-corrected chi connectivity index (χ3v) is 2.99. The van der Waals surface area contributed by atoms with Crippen molar-refractivity contribution in [2.24, 2.45) is 0 Å². The van der Waals surface area contributed by atoms with Gasteiger partial charge in [-0.25, -0.2) is 9.18 Å². The second-order valence-electron chi connectivity index (χ2n) is 5.47. The highest BCUT2D eigenvalue weighted by Gasteiger charge is 2.12. The number of nitrogens with one attached hydrogen (secondary N) is 3. The molecule has 0 saturated heterocycles. The van der Waals surface area contributed by atoms with E-state index >= 15 is 0 Å². The summed E-state index contributed by atoms with van der Waals surface area (Å²) < 4.78 is 24.0. The summed E-state index contributed by atoms with van der Waals surface area (Å²) in [6.07, 6.45) is 1.37. The van der Waals surface area contributed by atoms with Gasteiger partial charge in [0.1, 0.15) is 17.3 Å². The van der Waals surface area contributed by atoms with Gasteiger partial charge in [0.2, 0.25) is 5.91 Å². The van der Waals surface area contributed by atoms with Crippen LogP contribution >= 0.6 is 0 Å². The average molecular weight is 349 g/mol. The summed E-state index contributed by atoms with van der Waals surface area (Å²) in [6, 6.07) is 6.74. The van der Waals surface area contributed by atoms with Gasteiger partial charge in [-0.15, -0.1) is 0 Å². The number of amides is 3. The maximum absolute atomic E-state index is 13.4. The second kappa shape index (κ2) is 8.72. The number of benzene rings is 1. The molecule has 2 rings (SSSR count). The Morgan fingerprint density at radius 2 is 2.04 bits per heavy atom. The molecule has 0 saturated carbocycles. The fourth-order valence-corrected chi connectivity index (χ4v) is 1.95. The highest BCUT2D eigenvalue weighted by atomic mass is 19.1. The second-order valence-corrected chi connectivity index (χ2v) is 5.47. The number of furan rings is 1. The summed E-state index contributed by atoms with van der Waals surface area (Å²) in [5.74, 6) is -0.0650. The Bertz CT molecular complexity index is 717. The Balaban J connectivity index is 1.83. The number of hydrogen-bond donors (Lipinski definition) is 3. The third kappa shape index (κ3) is 6.17. The van der Waals surface area contributed by atoms with E-state index in [1.165, 1.54) is 18.4 Å². The van der Waals surface area contributed by atoms with Crippen LogP contribution in [0.1, 0.15) is 19.6 Å². The van der Waals surface area contributed by atoms with Crippen LogP contribution in [-0.2, 0) is 11.3 Å². The summed E-state index contributed by atoms with van der Waals surface area (Å²) in [5.41, 5.74) is 0.205. The van der Waals surface area contributed by atoms with Gasteiger partial charge in [-0.2, -0.15) is 0 Å². The zero-order chi connectivity index (χ0) is 18.2. The summed E-state index contributed by atoms with van der Waals surface area (Å²) in [4.78, 5) is 23.6. The number of ether oxygens (including phenoxy) is 1. The van der Waals surface area contributed by atoms with Crippen molar-refractivity contribution in [1.29, 1.82) is 0 Å². The molecule has 2 aromatic rings. The molecule has 134 valence electrons. The van der Waals surface area contributed by atoms with E-state index in [1.807, 2.05) is 13.8 Å². The van der Waals surface area contributed by atoms with Crippen LogP contribution in [0.2, 0.25) is 0 Å². The predicted molar refractivity (Wildman–Crippen MR) is 89.7 cm³/mol. The molecule has 0 aliphatic heterocycles. The molecule has 1 aromatic heterocycles. The Morgan fingerprint density at radius 3 is 2.72 bits per heavy atom. The summed E-state index contributed by atoms with van der Waals surface area (Å²) in [5, 5.41) is 7.46. The first kappa shape index (κ1) is 18.3. The van der Waals surface area contributed by atoms with Crippen LogP contribution < -0.4 is 20.7 Å². The van der Waals surface area contributed by atoms with E-state index in [0.29, 0.717) is 11.5 Å². The SMILES string of the molecule is CC(C)Oc1ccc(F)cc1NC(=O)CNC(=O)NCc1ccco1. The van der Waals surface area contributed by atoms with Crippen LogP contribution in [0, 0.1) is 5.82 Å². The van der Waals surface area contributed by atoms with Crippen molar-refractivity contribution in [3.05, 3.63) is 48.2 Å². The zero-order valence-electron chi connectivity index (χ0n) is 14.0. The third-order valence-electron chi connectivity index (χ3n) is 2.99. The van der Waals surface area contributed by atoms with Crippen molar-refractivity contribution in [2.45, 2.75) is 26.5 Å². The first-order valence-corrected chi connectivity index (χ1v) is 7.74. The smallest absolute Gasteiger partial charge is 0.315 e. The number of carbonyl (C=O) groups excluding carboxylic acids is 2. The molecule has 0 radical (unpaired) electrons. The molecular formula is C17H20FN3O4. The molecule has 7 nitrogen and oxygen atoms in total. The lowest BCUT2D eigenvalue weighted by Gasteiger charge is -2.15. The zero-order valence-corrected chi connectivity index (χ0v) is 14.0. The van der Waals surface area contributed by atoms with Gasteiger partial charge in [-0.1, -0.05) is 0 Å². The number of rotatable bonds is 7. The summed E-state index contributed by atoms with van der Waals surface area (Å²) >= 11 is 0. The molecule has 8 heteroatoms. The molecule has 0 bridgehead atoms. The van der Waals surface area contributed by atoms with E-state index in [4.69, 9.17) is 9.15 Å². The van der Waals surface area contributed by atoms with E-state index in [2.05, 4.69) is 16.0 Å². The van der Waals surface area contributed by atoms with E-state index < -0.39 is 17.8 Å². The van der Waals surface area contributed by atoms with Crippen molar-refractivity contribution < 1.29 is 23.1 Å². The van der Waals surface area contributed by atoms with Crippen LogP contribution in [-0.4, -0.2) is 24.6 Å². The minimum Gasteiger partial charge on any atom is -0.489 e. The molecule has 0 unspecified atom stereocenters. The summed E-state index contributed by atoms with van der Waals surface area (Å²) in [7, 11) is 0. The average Bonchev–Trinajstić information content (AvgIpc) is 3.06. The largest absolute Gasteiger partial charge is 0.489 e. The van der Waals surface area contributed by atoms with E-state index in [0.717, 1.165) is 6.07 Å². The van der Waals surface area contributed by atoms with Crippen LogP contribution in [0.25, 0.3) is 0 Å². The minimum absolute atomic E-state index is 0.133. The highest BCUT2D eigenvalue weighted by Crippen LogP contribution is 2.26. The molecule has 0 fully saturated rings. The van der Waals surface area contributed by atoms with Gasteiger partial charge in [-0.05, 0) is 38.1 Å². The number of urea groups is 1. The van der Waals surface area contributed by atoms with E-state index in [-0.39, 0.29) is 24.9 Å². The van der Waals surface area contributed by atoms with Gasteiger partial charge in [0, 0.05) is 6.07 Å². The van der Waals surface area contributed by atoms with Gasteiger partial charge in [-0.3, -0.25) is 4.79 Å². The molecule has 1 aromatic carbocycles. The molecule has 25 heavy (non-hydrogen) atoms. The minimum atomic E-state index is -0.524. The monoisotopic (exact) mass is 349 g/mol. The molecule has 0 atom stereocenters. The van der Waals surface area contributed by atoms with Gasteiger partial charge in [0.25, 0.3) is 0 Å². The van der Waals surface area contributed by atoms with Crippen molar-refractivity contribution in [2.75, 3.05) is 11.9 Å². The van der Waals surface area contributed by atoms with Gasteiger partial charge in [0.15, 0.2) is 0 Å². The number of hydrogen-bond acceptors (Lipinski definition) is 4. The lowest BCUT2D eigenvalue weighted by Crippen LogP contribution is -2.39. The standard InChI is InChI=1S/C17H20FN3O4/c1-11(2)25-15-6-5-12(18)8-14(15)21-16(22)10-20-17(23)19-9-13-4-3-7-24-13/h3-8,11H,9-10H2,1-2H3,(H,21,22)(H2,19,20,23). The topological polar surface area (TPSA) is 92.6 Å². The summed E-state index contributed by atoms with van der Waals surface area (Å²) in [6.45, 7) is 3.57. The van der Waals surface area contributed by atoms with Crippen molar-refractivity contribution in [3.8, 4) is 5.75 Å². The lowest BCUT2D eigenvalue weighted by atomic mass is 10.2. The molecule has 3 N–H and O–H groups in total. The maximum atomic E-state index is 13.4. The molecule has 0 spiro atoms. The molecule has 3 amide bonds. The number of carbonyl (C=O) groups is 2. The Labute approximate surface area is 144 Å². The first-order chi connectivity index (χ1) is 11.9. The number of halogens is 1. The molecule has 0 aliphatic carbocycles. The van der Waals surface area contributed by atoms with Crippen LogP contribution in [0.15, 0.2) is 41.0 Å². The maximum Gasteiger partial charge on any atom is 0.315 e. The van der Waals surface area contributed by atoms with Gasteiger partial charge in [0.05, 0.1) is 31.1 Å². The van der Waals surface area contributed by atoms with Crippen molar-refractivity contribution in [1.82, 2.24) is 10.6 Å². The number of anilines is 1. The normalized spacial score (nSPS) is 10.4. The molecular weight excluding hydrogens is 329 g/mol. The van der Waals surface area contributed by atoms with Crippen molar-refractivity contribution >= 4 is 17.6 Å². The Kier molecular flexibility index (Phi) is 6.39. The van der Waals surface area contributed by atoms with E-state index in [1.54, 1.807) is 12.1 Å². The lowest BCUT2D eigenvalue weighted by molar-refractivity contribution is -0.115. The van der Waals surface area contributed by atoms with Crippen LogP contribution in [0.5, 0.6) is 5.75 Å². The quantitative estimate of drug-likeness (QED) is 0.716. The predicted octanol–water partition coefficient (Wildman–Crippen LogP) is 2.64. The van der Waals surface area contributed by atoms with Gasteiger partial charge >= 0.3 is 6.03 Å². The fourth-order valence-electron chi connectivity index (χ4n) is 1.95. The Hall–Kier alpha value is -3.03. The van der Waals surface area contributed by atoms with E-state index in [9.17, 15) is 14.0 Å². The molecule has 0 aliphatic rings. The Morgan fingerprint density at radius 1 is 1.24 bits per heavy atom. The van der Waals surface area contributed by atoms with Crippen LogP contribution in [0.4, 0.5) is 14.9 Å². The van der Waals surface area contributed by atoms with Gasteiger partial charge < -0.3 is 25.1 Å².